The lowest BCUT2D eigenvalue weighted by Crippen LogP contribution is -2.54. The van der Waals surface area contributed by atoms with Gasteiger partial charge in [-0.2, -0.15) is 0 Å². The highest BCUT2D eigenvalue weighted by Gasteiger charge is 2.42. The molecule has 0 aromatic carbocycles. The van der Waals surface area contributed by atoms with Crippen LogP contribution in [0.5, 0.6) is 0 Å². The van der Waals surface area contributed by atoms with Crippen LogP contribution >= 0.6 is 0 Å². The molecule has 1 atom stereocenters. The van der Waals surface area contributed by atoms with Gasteiger partial charge in [-0.1, -0.05) is 0 Å². The molecular formula is C12H21NO4. The van der Waals surface area contributed by atoms with Gasteiger partial charge in [-0.25, -0.2) is 0 Å². The van der Waals surface area contributed by atoms with Crippen molar-refractivity contribution >= 4 is 11.9 Å². The predicted molar refractivity (Wildman–Crippen MR) is 62.6 cm³/mol. The third-order valence-electron chi connectivity index (χ3n) is 3.53. The van der Waals surface area contributed by atoms with Crippen molar-refractivity contribution in [3.63, 3.8) is 0 Å². The van der Waals surface area contributed by atoms with Crippen LogP contribution in [0.1, 0.15) is 33.6 Å². The van der Waals surface area contributed by atoms with Gasteiger partial charge in [-0.05, 0) is 33.6 Å². The Kier molecular flexibility index (Phi) is 3.81. The van der Waals surface area contributed by atoms with Crippen molar-refractivity contribution in [2.24, 2.45) is 5.41 Å². The van der Waals surface area contributed by atoms with Crippen LogP contribution in [0, 0.1) is 5.41 Å². The Morgan fingerprint density at radius 3 is 2.47 bits per heavy atom. The second-order valence-electron chi connectivity index (χ2n) is 5.41. The summed E-state index contributed by atoms with van der Waals surface area (Å²) in [5.74, 6) is -0.989. The molecule has 1 aliphatic rings. The van der Waals surface area contributed by atoms with Gasteiger partial charge in [0.1, 0.15) is 5.60 Å². The molecule has 0 bridgehead atoms. The first-order chi connectivity index (χ1) is 7.73. The Balaban J connectivity index is 2.81. The quantitative estimate of drug-likeness (QED) is 0.806. The maximum Gasteiger partial charge on any atom is 0.311 e. The fourth-order valence-corrected chi connectivity index (χ4v) is 2.06. The van der Waals surface area contributed by atoms with Gasteiger partial charge in [0.05, 0.1) is 5.41 Å². The first kappa shape index (κ1) is 14.0. The van der Waals surface area contributed by atoms with Crippen molar-refractivity contribution in [1.29, 1.82) is 0 Å². The van der Waals surface area contributed by atoms with E-state index in [1.165, 1.54) is 7.11 Å². The van der Waals surface area contributed by atoms with Gasteiger partial charge in [-0.3, -0.25) is 9.59 Å². The number of piperidine rings is 1. The number of ether oxygens (including phenoxy) is 1. The minimum atomic E-state index is -0.892. The fourth-order valence-electron chi connectivity index (χ4n) is 2.06. The van der Waals surface area contributed by atoms with Crippen LogP contribution in [0.3, 0.4) is 0 Å². The van der Waals surface area contributed by atoms with E-state index in [9.17, 15) is 14.7 Å². The number of amides is 1. The van der Waals surface area contributed by atoms with E-state index in [0.717, 1.165) is 0 Å². The largest absolute Gasteiger partial charge is 0.481 e. The number of aliphatic carboxylic acids is 1. The van der Waals surface area contributed by atoms with Crippen LogP contribution in [0.25, 0.3) is 0 Å². The zero-order valence-corrected chi connectivity index (χ0v) is 10.9. The van der Waals surface area contributed by atoms with Gasteiger partial charge in [0.15, 0.2) is 0 Å². The van der Waals surface area contributed by atoms with Crippen LogP contribution in [-0.4, -0.2) is 47.7 Å². The smallest absolute Gasteiger partial charge is 0.311 e. The van der Waals surface area contributed by atoms with E-state index in [0.29, 0.717) is 19.4 Å². The van der Waals surface area contributed by atoms with E-state index in [4.69, 9.17) is 4.74 Å². The van der Waals surface area contributed by atoms with E-state index in [2.05, 4.69) is 0 Å². The molecule has 0 saturated carbocycles. The van der Waals surface area contributed by atoms with E-state index < -0.39 is 17.0 Å². The summed E-state index contributed by atoms with van der Waals surface area (Å²) < 4.78 is 5.14. The SMILES string of the molecule is COC(C)(C)C(=O)N1CCCC(C)(C(=O)O)C1. The summed E-state index contributed by atoms with van der Waals surface area (Å²) in [6, 6.07) is 0. The molecule has 1 rings (SSSR count). The highest BCUT2D eigenvalue weighted by atomic mass is 16.5. The zero-order chi connectivity index (χ0) is 13.3. The van der Waals surface area contributed by atoms with Gasteiger partial charge in [-0.15, -0.1) is 0 Å². The zero-order valence-electron chi connectivity index (χ0n) is 10.9. The first-order valence-corrected chi connectivity index (χ1v) is 5.81. The standard InChI is InChI=1S/C12H21NO4/c1-11(2,17-4)9(14)13-7-5-6-12(3,8-13)10(15)16/h5-8H2,1-4H3,(H,15,16). The molecule has 1 unspecified atom stereocenters. The van der Waals surface area contributed by atoms with Crippen LogP contribution < -0.4 is 0 Å². The number of hydrogen-bond acceptors (Lipinski definition) is 3. The number of carbonyl (C=O) groups is 2. The molecule has 0 aliphatic carbocycles. The van der Waals surface area contributed by atoms with Crippen LogP contribution in [-0.2, 0) is 14.3 Å². The monoisotopic (exact) mass is 243 g/mol. The van der Waals surface area contributed by atoms with Crippen molar-refractivity contribution < 1.29 is 19.4 Å². The van der Waals surface area contributed by atoms with Crippen molar-refractivity contribution in [3.05, 3.63) is 0 Å². The number of likely N-dealkylation sites (tertiary alicyclic amines) is 1. The summed E-state index contributed by atoms with van der Waals surface area (Å²) in [7, 11) is 1.48. The summed E-state index contributed by atoms with van der Waals surface area (Å²) in [5.41, 5.74) is -1.73. The first-order valence-electron chi connectivity index (χ1n) is 5.81. The number of rotatable bonds is 3. The van der Waals surface area contributed by atoms with Crippen molar-refractivity contribution in [2.45, 2.75) is 39.2 Å². The summed E-state index contributed by atoms with van der Waals surface area (Å²) >= 11 is 0. The average molecular weight is 243 g/mol. The molecule has 17 heavy (non-hydrogen) atoms. The molecule has 0 radical (unpaired) electrons. The Labute approximate surface area is 102 Å². The minimum absolute atomic E-state index is 0.146. The lowest BCUT2D eigenvalue weighted by atomic mass is 9.81. The lowest BCUT2D eigenvalue weighted by molar-refractivity contribution is -0.160. The molecule has 98 valence electrons. The number of hydrogen-bond donors (Lipinski definition) is 1. The highest BCUT2D eigenvalue weighted by molar-refractivity contribution is 5.85. The van der Waals surface area contributed by atoms with Crippen molar-refractivity contribution in [3.8, 4) is 0 Å². The van der Waals surface area contributed by atoms with Crippen LogP contribution in [0.15, 0.2) is 0 Å². The molecule has 1 amide bonds. The topological polar surface area (TPSA) is 66.8 Å². The predicted octanol–water partition coefficient (Wildman–Crippen LogP) is 1.12. The normalized spacial score (nSPS) is 25.8. The average Bonchev–Trinajstić information content (AvgIpc) is 2.28. The summed E-state index contributed by atoms with van der Waals surface area (Å²) in [4.78, 5) is 25.0. The van der Waals surface area contributed by atoms with Crippen molar-refractivity contribution in [1.82, 2.24) is 4.90 Å². The maximum absolute atomic E-state index is 12.2. The van der Waals surface area contributed by atoms with E-state index in [-0.39, 0.29) is 12.5 Å². The molecule has 1 heterocycles. The van der Waals surface area contributed by atoms with Crippen LogP contribution in [0.4, 0.5) is 0 Å². The molecule has 5 heteroatoms. The molecule has 0 aromatic heterocycles. The highest BCUT2D eigenvalue weighted by Crippen LogP contribution is 2.31. The number of carboxylic acid groups (broad SMARTS) is 1. The van der Waals surface area contributed by atoms with Gasteiger partial charge in [0.2, 0.25) is 0 Å². The second kappa shape index (κ2) is 4.64. The van der Waals surface area contributed by atoms with Gasteiger partial charge >= 0.3 is 5.97 Å². The van der Waals surface area contributed by atoms with Crippen LogP contribution in [0.2, 0.25) is 0 Å². The number of methoxy groups -OCH3 is 1. The molecule has 1 fully saturated rings. The molecule has 1 N–H and O–H groups in total. The van der Waals surface area contributed by atoms with Gasteiger partial charge in [0.25, 0.3) is 5.91 Å². The lowest BCUT2D eigenvalue weighted by Gasteiger charge is -2.40. The summed E-state index contributed by atoms with van der Waals surface area (Å²) in [6.07, 6.45) is 1.33. The Morgan fingerprint density at radius 2 is 2.00 bits per heavy atom. The third kappa shape index (κ3) is 2.77. The Morgan fingerprint density at radius 1 is 1.41 bits per heavy atom. The van der Waals surface area contributed by atoms with E-state index in [1.807, 2.05) is 0 Å². The Bertz CT molecular complexity index is 326. The molecule has 5 nitrogen and oxygen atoms in total. The maximum atomic E-state index is 12.2. The third-order valence-corrected chi connectivity index (χ3v) is 3.53. The van der Waals surface area contributed by atoms with Gasteiger partial charge < -0.3 is 14.7 Å². The van der Waals surface area contributed by atoms with E-state index in [1.54, 1.807) is 25.7 Å². The van der Waals surface area contributed by atoms with Gasteiger partial charge in [0, 0.05) is 20.2 Å². The minimum Gasteiger partial charge on any atom is -0.481 e. The molecule has 0 spiro atoms. The molecule has 1 aliphatic heterocycles. The molecular weight excluding hydrogens is 222 g/mol. The van der Waals surface area contributed by atoms with E-state index >= 15 is 0 Å². The number of nitrogens with zero attached hydrogens (tertiary/aromatic N) is 1. The summed E-state index contributed by atoms with van der Waals surface area (Å²) in [5, 5.41) is 9.19. The molecule has 1 saturated heterocycles. The second-order valence-corrected chi connectivity index (χ2v) is 5.41. The molecule has 0 aromatic rings. The number of carbonyl (C=O) groups excluding carboxylic acids is 1. The fraction of sp³-hybridized carbons (Fsp3) is 0.833. The van der Waals surface area contributed by atoms with Crippen molar-refractivity contribution in [2.75, 3.05) is 20.2 Å². The number of carboxylic acids is 1. The summed E-state index contributed by atoms with van der Waals surface area (Å²) in [6.45, 7) is 5.95. The Hall–Kier alpha value is -1.10.